The van der Waals surface area contributed by atoms with Crippen molar-refractivity contribution in [2.75, 3.05) is 13.2 Å². The zero-order valence-electron chi connectivity index (χ0n) is 13.3. The van der Waals surface area contributed by atoms with Gasteiger partial charge in [-0.3, -0.25) is 14.4 Å². The Morgan fingerprint density at radius 3 is 2.67 bits per heavy atom. The van der Waals surface area contributed by atoms with Crippen LogP contribution in [0, 0.1) is 6.92 Å². The molecule has 24 heavy (non-hydrogen) atoms. The van der Waals surface area contributed by atoms with E-state index < -0.39 is 35.3 Å². The first kappa shape index (κ1) is 17.3. The number of carbonyl (C=O) groups excluding carboxylic acids is 1. The van der Waals surface area contributed by atoms with E-state index in [1.54, 1.807) is 25.1 Å². The largest absolute Gasteiger partial charge is 0.506 e. The summed E-state index contributed by atoms with van der Waals surface area (Å²) in [5.74, 6) is -2.74. The number of aromatic hydroxyl groups is 1. The molecule has 2 rings (SSSR count). The number of fused-ring (bicyclic) bond motifs is 1. The Bertz CT molecular complexity index is 856. The minimum atomic E-state index is -1.26. The lowest BCUT2D eigenvalue weighted by Gasteiger charge is -2.15. The number of pyridine rings is 1. The van der Waals surface area contributed by atoms with Gasteiger partial charge < -0.3 is 20.4 Å². The van der Waals surface area contributed by atoms with Crippen LogP contribution in [0.3, 0.4) is 0 Å². The highest BCUT2D eigenvalue weighted by molar-refractivity contribution is 6.03. The highest BCUT2D eigenvalue weighted by atomic mass is 16.7. The Labute approximate surface area is 137 Å². The third kappa shape index (κ3) is 3.32. The maximum absolute atomic E-state index is 12.6. The molecule has 0 unspecified atom stereocenters. The monoisotopic (exact) mass is 334 g/mol. The smallest absolute Gasteiger partial charge is 0.322 e. The molecule has 0 aliphatic rings. The van der Waals surface area contributed by atoms with Crippen molar-refractivity contribution in [2.24, 2.45) is 0 Å². The van der Waals surface area contributed by atoms with E-state index in [2.05, 4.69) is 5.32 Å². The normalized spacial score (nSPS) is 10.6. The highest BCUT2D eigenvalue weighted by Gasteiger charge is 2.23. The molecule has 0 radical (unpaired) electrons. The SMILES string of the molecule is CCCOn1c(=O)c(C(=O)NCC(=O)O)c(O)c2cc(C)ccc21. The molecule has 8 heteroatoms. The molecule has 0 spiro atoms. The van der Waals surface area contributed by atoms with E-state index in [0.717, 1.165) is 10.3 Å². The molecule has 2 aromatic rings. The van der Waals surface area contributed by atoms with Crippen molar-refractivity contribution in [3.8, 4) is 5.75 Å². The second-order valence-electron chi connectivity index (χ2n) is 5.25. The first-order valence-corrected chi connectivity index (χ1v) is 7.38. The van der Waals surface area contributed by atoms with E-state index in [4.69, 9.17) is 9.94 Å². The molecule has 0 fully saturated rings. The number of carboxylic acids is 1. The number of rotatable bonds is 6. The van der Waals surface area contributed by atoms with Gasteiger partial charge in [-0.25, -0.2) is 0 Å². The van der Waals surface area contributed by atoms with E-state index >= 15 is 0 Å². The third-order valence-corrected chi connectivity index (χ3v) is 3.31. The van der Waals surface area contributed by atoms with E-state index in [9.17, 15) is 19.5 Å². The summed E-state index contributed by atoms with van der Waals surface area (Å²) in [5, 5.41) is 21.3. The van der Waals surface area contributed by atoms with Gasteiger partial charge in [0.15, 0.2) is 5.56 Å². The molecule has 1 amide bonds. The van der Waals surface area contributed by atoms with Gasteiger partial charge in [-0.05, 0) is 25.5 Å². The number of amides is 1. The third-order valence-electron chi connectivity index (χ3n) is 3.31. The number of carbonyl (C=O) groups is 2. The lowest BCUT2D eigenvalue weighted by Crippen LogP contribution is -2.37. The van der Waals surface area contributed by atoms with Crippen molar-refractivity contribution in [1.29, 1.82) is 0 Å². The molecule has 1 heterocycles. The van der Waals surface area contributed by atoms with Crippen molar-refractivity contribution in [3.63, 3.8) is 0 Å². The predicted octanol–water partition coefficient (Wildman–Crippen LogP) is 0.669. The van der Waals surface area contributed by atoms with Gasteiger partial charge in [-0.2, -0.15) is 0 Å². The van der Waals surface area contributed by atoms with E-state index in [1.165, 1.54) is 0 Å². The van der Waals surface area contributed by atoms with E-state index in [0.29, 0.717) is 11.9 Å². The number of carboxylic acid groups (broad SMARTS) is 1. The number of nitrogens with zero attached hydrogens (tertiary/aromatic N) is 1. The summed E-state index contributed by atoms with van der Waals surface area (Å²) in [6.45, 7) is 3.23. The zero-order chi connectivity index (χ0) is 17.9. The second kappa shape index (κ2) is 7.03. The quantitative estimate of drug-likeness (QED) is 0.714. The minimum absolute atomic E-state index is 0.240. The van der Waals surface area contributed by atoms with Crippen LogP contribution in [0.25, 0.3) is 10.9 Å². The van der Waals surface area contributed by atoms with Crippen molar-refractivity contribution in [2.45, 2.75) is 20.3 Å². The van der Waals surface area contributed by atoms with Gasteiger partial charge in [0.25, 0.3) is 11.5 Å². The van der Waals surface area contributed by atoms with Gasteiger partial charge in [0, 0.05) is 5.39 Å². The van der Waals surface area contributed by atoms with Crippen LogP contribution < -0.4 is 15.7 Å². The molecular weight excluding hydrogens is 316 g/mol. The van der Waals surface area contributed by atoms with Gasteiger partial charge in [0.1, 0.15) is 18.9 Å². The lowest BCUT2D eigenvalue weighted by atomic mass is 10.1. The number of aromatic nitrogens is 1. The summed E-state index contributed by atoms with van der Waals surface area (Å²) in [7, 11) is 0. The van der Waals surface area contributed by atoms with Gasteiger partial charge >= 0.3 is 5.97 Å². The van der Waals surface area contributed by atoms with Crippen LogP contribution >= 0.6 is 0 Å². The molecule has 0 atom stereocenters. The maximum Gasteiger partial charge on any atom is 0.322 e. The van der Waals surface area contributed by atoms with Gasteiger partial charge in [-0.15, -0.1) is 4.73 Å². The van der Waals surface area contributed by atoms with Gasteiger partial charge in [-0.1, -0.05) is 18.6 Å². The Hall–Kier alpha value is -3.03. The zero-order valence-corrected chi connectivity index (χ0v) is 13.3. The van der Waals surface area contributed by atoms with Crippen LogP contribution in [-0.4, -0.2) is 40.0 Å². The summed E-state index contributed by atoms with van der Waals surface area (Å²) < 4.78 is 0.952. The van der Waals surface area contributed by atoms with Crippen molar-refractivity contribution < 1.29 is 24.6 Å². The molecule has 0 saturated heterocycles. The topological polar surface area (TPSA) is 118 Å². The fraction of sp³-hybridized carbons (Fsp3) is 0.312. The number of nitrogens with one attached hydrogen (secondary N) is 1. The van der Waals surface area contributed by atoms with Crippen molar-refractivity contribution >= 4 is 22.8 Å². The van der Waals surface area contributed by atoms with Crippen molar-refractivity contribution in [3.05, 3.63) is 39.7 Å². The summed E-state index contributed by atoms with van der Waals surface area (Å²) in [4.78, 5) is 40.7. The second-order valence-corrected chi connectivity index (χ2v) is 5.25. The molecule has 0 bridgehead atoms. The van der Waals surface area contributed by atoms with Crippen LogP contribution in [0.4, 0.5) is 0 Å². The van der Waals surface area contributed by atoms with Crippen LogP contribution in [0.5, 0.6) is 5.75 Å². The van der Waals surface area contributed by atoms with Crippen LogP contribution in [0.1, 0.15) is 29.3 Å². The molecule has 3 N–H and O–H groups in total. The fourth-order valence-electron chi connectivity index (χ4n) is 2.22. The van der Waals surface area contributed by atoms with Crippen LogP contribution in [-0.2, 0) is 4.79 Å². The molecular formula is C16H18N2O6. The summed E-state index contributed by atoms with van der Waals surface area (Å²) >= 11 is 0. The summed E-state index contributed by atoms with van der Waals surface area (Å²) in [6.07, 6.45) is 0.640. The van der Waals surface area contributed by atoms with Crippen LogP contribution in [0.2, 0.25) is 0 Å². The maximum atomic E-state index is 12.6. The Balaban J connectivity index is 2.67. The summed E-state index contributed by atoms with van der Waals surface area (Å²) in [5.41, 5.74) is -0.257. The Morgan fingerprint density at radius 1 is 1.33 bits per heavy atom. The molecule has 8 nitrogen and oxygen atoms in total. The molecule has 0 aliphatic heterocycles. The van der Waals surface area contributed by atoms with E-state index in [1.807, 2.05) is 6.92 Å². The Kier molecular flexibility index (Phi) is 5.08. The molecule has 1 aromatic carbocycles. The van der Waals surface area contributed by atoms with Gasteiger partial charge in [0.05, 0.1) is 5.52 Å². The minimum Gasteiger partial charge on any atom is -0.506 e. The molecule has 0 aliphatic carbocycles. The Morgan fingerprint density at radius 2 is 2.04 bits per heavy atom. The first-order chi connectivity index (χ1) is 11.4. The molecule has 128 valence electrons. The predicted molar refractivity (Wildman–Crippen MR) is 86.3 cm³/mol. The van der Waals surface area contributed by atoms with Gasteiger partial charge in [0.2, 0.25) is 0 Å². The average molecular weight is 334 g/mol. The van der Waals surface area contributed by atoms with E-state index in [-0.39, 0.29) is 12.0 Å². The molecule has 1 aromatic heterocycles. The summed E-state index contributed by atoms with van der Waals surface area (Å²) in [6, 6.07) is 4.97. The standard InChI is InChI=1S/C16H18N2O6/c1-3-6-24-18-11-5-4-9(2)7-10(11)14(21)13(16(18)23)15(22)17-8-12(19)20/h4-5,7,21H,3,6,8H2,1-2H3,(H,17,22)(H,19,20). The van der Waals surface area contributed by atoms with Crippen molar-refractivity contribution in [1.82, 2.24) is 10.0 Å². The highest BCUT2D eigenvalue weighted by Crippen LogP contribution is 2.27. The molecule has 0 saturated carbocycles. The fourth-order valence-corrected chi connectivity index (χ4v) is 2.22. The number of hydrogen-bond acceptors (Lipinski definition) is 5. The average Bonchev–Trinajstić information content (AvgIpc) is 2.53. The lowest BCUT2D eigenvalue weighted by molar-refractivity contribution is -0.135. The number of benzene rings is 1. The number of hydrogen-bond donors (Lipinski definition) is 3. The van der Waals surface area contributed by atoms with Crippen LogP contribution in [0.15, 0.2) is 23.0 Å². The first-order valence-electron chi connectivity index (χ1n) is 7.38. The number of aliphatic carboxylic acids is 1. The number of aryl methyl sites for hydroxylation is 1.